The molecule has 2 N–H and O–H groups in total. The minimum absolute atomic E-state index is 0.160. The van der Waals surface area contributed by atoms with Crippen molar-refractivity contribution in [1.29, 1.82) is 0 Å². The van der Waals surface area contributed by atoms with Crippen LogP contribution in [-0.2, 0) is 9.63 Å². The monoisotopic (exact) mass is 487 g/mol. The number of hydrogen-bond acceptors (Lipinski definition) is 6. The van der Waals surface area contributed by atoms with E-state index in [-0.39, 0.29) is 11.9 Å². The van der Waals surface area contributed by atoms with Gasteiger partial charge in [-0.15, -0.1) is 11.8 Å². The van der Waals surface area contributed by atoms with E-state index in [9.17, 15) is 4.79 Å². The first-order chi connectivity index (χ1) is 12.4. The van der Waals surface area contributed by atoms with Crippen molar-refractivity contribution < 1.29 is 14.4 Å². The van der Waals surface area contributed by atoms with Crippen LogP contribution in [0.3, 0.4) is 0 Å². The molecule has 0 bridgehead atoms. The van der Waals surface area contributed by atoms with Gasteiger partial charge in [-0.05, 0) is 72.5 Å². The summed E-state index contributed by atoms with van der Waals surface area (Å²) in [5, 5.41) is 3.88. The average molecular weight is 487 g/mol. The van der Waals surface area contributed by atoms with Crippen molar-refractivity contribution in [1.82, 2.24) is 15.8 Å². The molecule has 0 aliphatic heterocycles. The van der Waals surface area contributed by atoms with E-state index in [1.807, 2.05) is 44.5 Å². The zero-order chi connectivity index (χ0) is 19.1. The number of thioether (sulfide) groups is 1. The van der Waals surface area contributed by atoms with E-state index < -0.39 is 5.44 Å². The van der Waals surface area contributed by atoms with Crippen molar-refractivity contribution in [2.45, 2.75) is 25.3 Å². The zero-order valence-electron chi connectivity index (χ0n) is 15.1. The van der Waals surface area contributed by atoms with Gasteiger partial charge in [0.05, 0.1) is 12.6 Å². The van der Waals surface area contributed by atoms with E-state index >= 15 is 0 Å². The number of benzene rings is 1. The molecule has 1 aromatic carbocycles. The van der Waals surface area contributed by atoms with Crippen molar-refractivity contribution in [2.24, 2.45) is 0 Å². The highest BCUT2D eigenvalue weighted by Gasteiger charge is 2.20. The van der Waals surface area contributed by atoms with Crippen LogP contribution in [0.4, 0.5) is 0 Å². The number of pyridine rings is 1. The van der Waals surface area contributed by atoms with Gasteiger partial charge in [0.15, 0.2) is 0 Å². The highest BCUT2D eigenvalue weighted by molar-refractivity contribution is 14.1. The summed E-state index contributed by atoms with van der Waals surface area (Å²) in [6.07, 6.45) is 7.09. The number of fused-ring (bicyclic) bond motifs is 1. The third-order valence-corrected chi connectivity index (χ3v) is 4.85. The Bertz CT molecular complexity index is 801. The fourth-order valence-corrected chi connectivity index (χ4v) is 3.33. The number of aromatic nitrogens is 1. The molecular formula is C18H22IN3O3S. The lowest BCUT2D eigenvalue weighted by Crippen LogP contribution is -2.40. The Morgan fingerprint density at radius 2 is 2.15 bits per heavy atom. The van der Waals surface area contributed by atoms with Crippen LogP contribution >= 0.6 is 34.4 Å². The molecule has 140 valence electrons. The summed E-state index contributed by atoms with van der Waals surface area (Å²) in [7, 11) is 1.52. The lowest BCUT2D eigenvalue weighted by atomic mass is 10.1. The van der Waals surface area contributed by atoms with Gasteiger partial charge in [-0.25, -0.2) is 0 Å². The summed E-state index contributed by atoms with van der Waals surface area (Å²) in [6, 6.07) is 5.71. The second-order valence-corrected chi connectivity index (χ2v) is 7.77. The topological polar surface area (TPSA) is 72.5 Å². The molecule has 2 aromatic rings. The Balaban J connectivity index is 2.11. The number of carbonyl (C=O) groups excluding carboxylic acids is 1. The van der Waals surface area contributed by atoms with E-state index in [1.165, 1.54) is 18.9 Å². The van der Waals surface area contributed by atoms with Crippen molar-refractivity contribution in [2.75, 3.05) is 13.4 Å². The first-order valence-corrected chi connectivity index (χ1v) is 10.3. The third kappa shape index (κ3) is 5.75. The number of nitrogens with one attached hydrogen (secondary N) is 2. The molecule has 8 heteroatoms. The largest absolute Gasteiger partial charge is 0.470 e. The molecule has 0 aliphatic carbocycles. The van der Waals surface area contributed by atoms with E-state index in [1.54, 1.807) is 12.3 Å². The standard InChI is InChI=1S/C18H22IN3O3S/c1-11-7-15(9-13-8-14(19)10-20-16(11)13)25-18(26-4)17(23)22-12(2)5-6-21-24-3/h5-10,12,18,21H,1-4H3,(H,22,23). The molecule has 2 atom stereocenters. The number of hydrogen-bond donors (Lipinski definition) is 2. The van der Waals surface area contributed by atoms with Crippen molar-refractivity contribution in [3.63, 3.8) is 0 Å². The molecule has 0 radical (unpaired) electrons. The Labute approximate surface area is 171 Å². The predicted octanol–water partition coefficient (Wildman–Crippen LogP) is 3.39. The Morgan fingerprint density at radius 1 is 1.38 bits per heavy atom. The molecule has 1 amide bonds. The van der Waals surface area contributed by atoms with Gasteiger partial charge in [-0.3, -0.25) is 20.1 Å². The number of ether oxygens (including phenoxy) is 1. The first-order valence-electron chi connectivity index (χ1n) is 7.95. The summed E-state index contributed by atoms with van der Waals surface area (Å²) < 4.78 is 6.99. The Morgan fingerprint density at radius 3 is 2.85 bits per heavy atom. The van der Waals surface area contributed by atoms with Gasteiger partial charge in [-0.1, -0.05) is 0 Å². The predicted molar refractivity (Wildman–Crippen MR) is 114 cm³/mol. The SMILES string of the molecule is CONC=CC(C)NC(=O)C(Oc1cc(C)c2ncc(I)cc2c1)SC. The summed E-state index contributed by atoms with van der Waals surface area (Å²) in [4.78, 5) is 21.6. The minimum Gasteiger partial charge on any atom is -0.470 e. The molecule has 0 aliphatic rings. The lowest BCUT2D eigenvalue weighted by molar-refractivity contribution is -0.124. The molecule has 0 fully saturated rings. The molecule has 26 heavy (non-hydrogen) atoms. The summed E-state index contributed by atoms with van der Waals surface area (Å²) >= 11 is 3.57. The number of carbonyl (C=O) groups is 1. The van der Waals surface area contributed by atoms with Crippen molar-refractivity contribution in [3.05, 3.63) is 45.8 Å². The number of halogens is 1. The molecule has 0 saturated heterocycles. The van der Waals surface area contributed by atoms with E-state index in [4.69, 9.17) is 9.57 Å². The summed E-state index contributed by atoms with van der Waals surface area (Å²) in [5.74, 6) is 0.461. The number of nitrogens with zero attached hydrogens (tertiary/aromatic N) is 1. The van der Waals surface area contributed by atoms with Crippen LogP contribution in [0.25, 0.3) is 10.9 Å². The van der Waals surface area contributed by atoms with Gasteiger partial charge >= 0.3 is 0 Å². The lowest BCUT2D eigenvalue weighted by Gasteiger charge is -2.19. The highest BCUT2D eigenvalue weighted by atomic mass is 127. The Hall–Kier alpha value is -1.52. The number of aryl methyl sites for hydroxylation is 1. The minimum atomic E-state index is -0.645. The highest BCUT2D eigenvalue weighted by Crippen LogP contribution is 2.26. The maximum atomic E-state index is 12.5. The number of hydroxylamine groups is 1. The van der Waals surface area contributed by atoms with Gasteiger partial charge < -0.3 is 10.1 Å². The van der Waals surface area contributed by atoms with Crippen LogP contribution in [0.1, 0.15) is 12.5 Å². The smallest absolute Gasteiger partial charge is 0.272 e. The number of amides is 1. The third-order valence-electron chi connectivity index (χ3n) is 3.53. The molecular weight excluding hydrogens is 465 g/mol. The van der Waals surface area contributed by atoms with Gasteiger partial charge in [0, 0.05) is 27.4 Å². The summed E-state index contributed by atoms with van der Waals surface area (Å²) in [5.41, 5.74) is 3.89. The Kier molecular flexibility index (Phi) is 7.98. The molecule has 0 spiro atoms. The first kappa shape index (κ1) is 20.8. The van der Waals surface area contributed by atoms with Crippen LogP contribution in [0, 0.1) is 10.5 Å². The van der Waals surface area contributed by atoms with E-state index in [0.717, 1.165) is 20.0 Å². The molecule has 6 nitrogen and oxygen atoms in total. The quantitative estimate of drug-likeness (QED) is 0.338. The summed E-state index contributed by atoms with van der Waals surface area (Å²) in [6.45, 7) is 3.86. The van der Waals surface area contributed by atoms with Crippen molar-refractivity contribution >= 4 is 51.2 Å². The van der Waals surface area contributed by atoms with Crippen LogP contribution in [0.2, 0.25) is 0 Å². The molecule has 2 rings (SSSR count). The molecule has 2 unspecified atom stereocenters. The van der Waals surface area contributed by atoms with Gasteiger partial charge in [0.25, 0.3) is 5.91 Å². The van der Waals surface area contributed by atoms with E-state index in [0.29, 0.717) is 5.75 Å². The van der Waals surface area contributed by atoms with Gasteiger partial charge in [0.2, 0.25) is 5.44 Å². The molecule has 0 saturated carbocycles. The van der Waals surface area contributed by atoms with Gasteiger partial charge in [-0.2, -0.15) is 0 Å². The van der Waals surface area contributed by atoms with Crippen LogP contribution in [0.15, 0.2) is 36.7 Å². The molecule has 1 heterocycles. The normalized spacial score (nSPS) is 13.6. The molecule has 1 aromatic heterocycles. The fraction of sp³-hybridized carbons (Fsp3) is 0.333. The van der Waals surface area contributed by atoms with Crippen LogP contribution in [0.5, 0.6) is 5.75 Å². The maximum Gasteiger partial charge on any atom is 0.272 e. The van der Waals surface area contributed by atoms with E-state index in [2.05, 4.69) is 38.4 Å². The average Bonchev–Trinajstić information content (AvgIpc) is 2.59. The second-order valence-electron chi connectivity index (χ2n) is 5.63. The fourth-order valence-electron chi connectivity index (χ4n) is 2.36. The second kappa shape index (κ2) is 9.98. The maximum absolute atomic E-state index is 12.5. The number of rotatable bonds is 8. The van der Waals surface area contributed by atoms with Crippen molar-refractivity contribution in [3.8, 4) is 5.75 Å². The van der Waals surface area contributed by atoms with Gasteiger partial charge in [0.1, 0.15) is 5.75 Å². The van der Waals surface area contributed by atoms with Crippen LogP contribution in [-0.4, -0.2) is 35.7 Å². The van der Waals surface area contributed by atoms with Crippen LogP contribution < -0.4 is 15.5 Å². The zero-order valence-corrected chi connectivity index (χ0v) is 18.1.